The van der Waals surface area contributed by atoms with E-state index in [1.807, 2.05) is 6.92 Å². The van der Waals surface area contributed by atoms with Crippen LogP contribution in [0.3, 0.4) is 0 Å². The molecule has 9 heteroatoms. The Kier molecular flexibility index (Phi) is 10.3. The van der Waals surface area contributed by atoms with E-state index in [-0.39, 0.29) is 31.8 Å². The monoisotopic (exact) mass is 497 g/mol. The fourth-order valence-corrected chi connectivity index (χ4v) is 3.44. The van der Waals surface area contributed by atoms with Gasteiger partial charge < -0.3 is 19.5 Å². The van der Waals surface area contributed by atoms with Gasteiger partial charge in [-0.2, -0.15) is 0 Å². The van der Waals surface area contributed by atoms with Gasteiger partial charge in [0.25, 0.3) is 0 Å². The largest absolute Gasteiger partial charge is 0.464 e. The molecule has 9 nitrogen and oxygen atoms in total. The first-order valence-electron chi connectivity index (χ1n) is 11.6. The average Bonchev–Trinajstić information content (AvgIpc) is 2.85. The summed E-state index contributed by atoms with van der Waals surface area (Å²) < 4.78 is 15.2. The SMILES string of the molecule is CCOC(=O)C(CCc1ccc(C(=O)COC(=O)c2ccc(C)cc2)cc1)(NC(C)=O)C(=O)OCC. The summed E-state index contributed by atoms with van der Waals surface area (Å²) >= 11 is 0. The molecule has 0 aliphatic rings. The molecule has 0 spiro atoms. The number of aryl methyl sites for hydroxylation is 2. The summed E-state index contributed by atoms with van der Waals surface area (Å²) in [6.07, 6.45) is 0.0977. The molecule has 0 aliphatic carbocycles. The van der Waals surface area contributed by atoms with Gasteiger partial charge in [-0.05, 0) is 51.3 Å². The minimum absolute atomic E-state index is 0.0187. The number of hydrogen-bond donors (Lipinski definition) is 1. The van der Waals surface area contributed by atoms with Crippen molar-refractivity contribution in [3.63, 3.8) is 0 Å². The van der Waals surface area contributed by atoms with Gasteiger partial charge in [0.2, 0.25) is 11.4 Å². The van der Waals surface area contributed by atoms with E-state index in [1.165, 1.54) is 6.92 Å². The normalized spacial score (nSPS) is 10.8. The molecular weight excluding hydrogens is 466 g/mol. The standard InChI is InChI=1S/C27H31NO8/c1-5-34-25(32)27(28-19(4)29,26(33)35-6-2)16-15-20-9-13-21(14-10-20)23(30)17-36-24(31)22-11-7-18(3)8-12-22/h7-14H,5-6,15-17H2,1-4H3,(H,28,29). The lowest BCUT2D eigenvalue weighted by atomic mass is 9.90. The number of ether oxygens (including phenoxy) is 3. The third kappa shape index (κ3) is 7.49. The lowest BCUT2D eigenvalue weighted by molar-refractivity contribution is -0.168. The molecular formula is C27H31NO8. The number of esters is 3. The van der Waals surface area contributed by atoms with Gasteiger partial charge in [-0.25, -0.2) is 14.4 Å². The summed E-state index contributed by atoms with van der Waals surface area (Å²) in [5, 5.41) is 2.42. The van der Waals surface area contributed by atoms with Crippen LogP contribution in [0, 0.1) is 6.92 Å². The first-order chi connectivity index (χ1) is 17.1. The third-order valence-corrected chi connectivity index (χ3v) is 5.32. The molecule has 192 valence electrons. The van der Waals surface area contributed by atoms with Crippen LogP contribution in [-0.2, 0) is 35.0 Å². The lowest BCUT2D eigenvalue weighted by Crippen LogP contribution is -2.61. The summed E-state index contributed by atoms with van der Waals surface area (Å²) in [5.74, 6) is -3.36. The van der Waals surface area contributed by atoms with Crippen molar-refractivity contribution in [3.8, 4) is 0 Å². The number of carbonyl (C=O) groups is 5. The molecule has 0 bridgehead atoms. The fraction of sp³-hybridized carbons (Fsp3) is 0.370. The summed E-state index contributed by atoms with van der Waals surface area (Å²) in [6.45, 7) is 5.90. The van der Waals surface area contributed by atoms with Crippen molar-refractivity contribution >= 4 is 29.6 Å². The lowest BCUT2D eigenvalue weighted by Gasteiger charge is -2.29. The Hall–Kier alpha value is -4.01. The van der Waals surface area contributed by atoms with Crippen LogP contribution in [0.25, 0.3) is 0 Å². The van der Waals surface area contributed by atoms with E-state index in [0.29, 0.717) is 16.7 Å². The second-order valence-electron chi connectivity index (χ2n) is 8.09. The number of amides is 1. The molecule has 0 aromatic heterocycles. The van der Waals surface area contributed by atoms with Gasteiger partial charge in [0.1, 0.15) is 0 Å². The zero-order chi connectivity index (χ0) is 26.7. The summed E-state index contributed by atoms with van der Waals surface area (Å²) in [6, 6.07) is 13.3. The van der Waals surface area contributed by atoms with Crippen molar-refractivity contribution in [1.82, 2.24) is 5.32 Å². The maximum Gasteiger partial charge on any atom is 0.343 e. The number of benzene rings is 2. The van der Waals surface area contributed by atoms with E-state index in [9.17, 15) is 24.0 Å². The van der Waals surface area contributed by atoms with E-state index in [1.54, 1.807) is 62.4 Å². The van der Waals surface area contributed by atoms with Crippen molar-refractivity contribution in [2.75, 3.05) is 19.8 Å². The molecule has 2 aromatic rings. The third-order valence-electron chi connectivity index (χ3n) is 5.32. The van der Waals surface area contributed by atoms with E-state index in [0.717, 1.165) is 5.56 Å². The molecule has 2 rings (SSSR count). The highest BCUT2D eigenvalue weighted by atomic mass is 16.6. The molecule has 0 saturated heterocycles. The van der Waals surface area contributed by atoms with Gasteiger partial charge in [0.15, 0.2) is 12.4 Å². The number of ketones is 1. The number of rotatable bonds is 12. The Morgan fingerprint density at radius 1 is 0.778 bits per heavy atom. The predicted molar refractivity (Wildman–Crippen MR) is 130 cm³/mol. The van der Waals surface area contributed by atoms with Crippen LogP contribution in [0.5, 0.6) is 0 Å². The highest BCUT2D eigenvalue weighted by Gasteiger charge is 2.49. The van der Waals surface area contributed by atoms with Crippen molar-refractivity contribution in [1.29, 1.82) is 0 Å². The van der Waals surface area contributed by atoms with Gasteiger partial charge in [-0.3, -0.25) is 9.59 Å². The highest BCUT2D eigenvalue weighted by Crippen LogP contribution is 2.20. The average molecular weight is 498 g/mol. The Bertz CT molecular complexity index is 1070. The minimum Gasteiger partial charge on any atom is -0.464 e. The molecule has 1 N–H and O–H groups in total. The molecule has 0 unspecified atom stereocenters. The quantitative estimate of drug-likeness (QED) is 0.205. The number of Topliss-reactive ketones (excluding diaryl/α,β-unsaturated/α-hetero) is 1. The second-order valence-corrected chi connectivity index (χ2v) is 8.09. The Morgan fingerprint density at radius 2 is 1.31 bits per heavy atom. The maximum absolute atomic E-state index is 12.7. The van der Waals surface area contributed by atoms with E-state index < -0.39 is 36.0 Å². The summed E-state index contributed by atoms with van der Waals surface area (Å²) in [4.78, 5) is 61.8. The van der Waals surface area contributed by atoms with Crippen LogP contribution in [0.4, 0.5) is 0 Å². The van der Waals surface area contributed by atoms with E-state index >= 15 is 0 Å². The molecule has 0 fully saturated rings. The number of nitrogens with one attached hydrogen (secondary N) is 1. The maximum atomic E-state index is 12.7. The number of hydrogen-bond acceptors (Lipinski definition) is 8. The van der Waals surface area contributed by atoms with Crippen LogP contribution in [0.1, 0.15) is 59.0 Å². The van der Waals surface area contributed by atoms with Crippen molar-refractivity contribution in [2.45, 2.75) is 46.1 Å². The van der Waals surface area contributed by atoms with Gasteiger partial charge in [0.05, 0.1) is 18.8 Å². The Balaban J connectivity index is 2.08. The van der Waals surface area contributed by atoms with Crippen LogP contribution < -0.4 is 5.32 Å². The fourth-order valence-electron chi connectivity index (χ4n) is 3.44. The zero-order valence-corrected chi connectivity index (χ0v) is 20.9. The van der Waals surface area contributed by atoms with Crippen LogP contribution in [-0.4, -0.2) is 55.0 Å². The van der Waals surface area contributed by atoms with Crippen molar-refractivity contribution < 1.29 is 38.2 Å². The van der Waals surface area contributed by atoms with Crippen LogP contribution >= 0.6 is 0 Å². The highest BCUT2D eigenvalue weighted by molar-refractivity contribution is 6.07. The first kappa shape index (κ1) is 28.2. The smallest absolute Gasteiger partial charge is 0.343 e. The number of carbonyl (C=O) groups excluding carboxylic acids is 5. The topological polar surface area (TPSA) is 125 Å². The van der Waals surface area contributed by atoms with Gasteiger partial charge in [-0.1, -0.05) is 42.0 Å². The predicted octanol–water partition coefficient (Wildman–Crippen LogP) is 2.97. The second kappa shape index (κ2) is 13.2. The van der Waals surface area contributed by atoms with Gasteiger partial charge in [-0.15, -0.1) is 0 Å². The van der Waals surface area contributed by atoms with Crippen LogP contribution in [0.15, 0.2) is 48.5 Å². The Labute approximate surface area is 210 Å². The molecule has 0 saturated carbocycles. The van der Waals surface area contributed by atoms with E-state index in [4.69, 9.17) is 14.2 Å². The van der Waals surface area contributed by atoms with Crippen molar-refractivity contribution in [3.05, 3.63) is 70.8 Å². The zero-order valence-electron chi connectivity index (χ0n) is 20.9. The molecule has 0 radical (unpaired) electrons. The molecule has 0 atom stereocenters. The minimum atomic E-state index is -1.99. The first-order valence-corrected chi connectivity index (χ1v) is 11.6. The van der Waals surface area contributed by atoms with Crippen molar-refractivity contribution in [2.24, 2.45) is 0 Å². The molecule has 36 heavy (non-hydrogen) atoms. The summed E-state index contributed by atoms with van der Waals surface area (Å²) in [5.41, 5.74) is 0.401. The van der Waals surface area contributed by atoms with E-state index in [2.05, 4.69) is 5.32 Å². The van der Waals surface area contributed by atoms with Gasteiger partial charge >= 0.3 is 17.9 Å². The molecule has 1 amide bonds. The van der Waals surface area contributed by atoms with Gasteiger partial charge in [0, 0.05) is 12.5 Å². The molecule has 0 heterocycles. The molecule has 0 aliphatic heterocycles. The molecule has 2 aromatic carbocycles. The Morgan fingerprint density at radius 3 is 1.81 bits per heavy atom. The van der Waals surface area contributed by atoms with Crippen LogP contribution in [0.2, 0.25) is 0 Å². The summed E-state index contributed by atoms with van der Waals surface area (Å²) in [7, 11) is 0.